The van der Waals surface area contributed by atoms with Crippen molar-refractivity contribution in [3.63, 3.8) is 0 Å². The van der Waals surface area contributed by atoms with Crippen molar-refractivity contribution in [2.75, 3.05) is 13.7 Å². The molecule has 1 heterocycles. The van der Waals surface area contributed by atoms with Crippen LogP contribution in [0.15, 0.2) is 53.4 Å². The standard InChI is InChI=1S/C20H17NO6S/c1-26-16-9-14(7-8-15(16)27-12-18(22)23)10-17-19(24)21(20(25)28-17)11-13-5-3-2-4-6-13/h2-10H,11-12H2,1H3,(H,22,23). The van der Waals surface area contributed by atoms with Gasteiger partial charge in [0.25, 0.3) is 11.1 Å². The van der Waals surface area contributed by atoms with Crippen molar-refractivity contribution in [2.24, 2.45) is 0 Å². The van der Waals surface area contributed by atoms with Gasteiger partial charge in [0, 0.05) is 0 Å². The first-order valence-electron chi connectivity index (χ1n) is 8.30. The molecule has 2 aromatic rings. The van der Waals surface area contributed by atoms with E-state index in [9.17, 15) is 14.4 Å². The van der Waals surface area contributed by atoms with Gasteiger partial charge < -0.3 is 14.6 Å². The Hall–Kier alpha value is -3.26. The highest BCUT2D eigenvalue weighted by molar-refractivity contribution is 8.18. The molecular formula is C20H17NO6S. The normalized spacial score (nSPS) is 15.2. The Bertz CT molecular complexity index is 941. The van der Waals surface area contributed by atoms with Crippen LogP contribution < -0.4 is 9.47 Å². The smallest absolute Gasteiger partial charge is 0.341 e. The molecule has 1 fully saturated rings. The predicted octanol–water partition coefficient (Wildman–Crippen LogP) is 3.40. The molecule has 3 rings (SSSR count). The number of benzene rings is 2. The lowest BCUT2D eigenvalue weighted by molar-refractivity contribution is -0.139. The van der Waals surface area contributed by atoms with Crippen LogP contribution in [0.1, 0.15) is 11.1 Å². The van der Waals surface area contributed by atoms with Gasteiger partial charge in [-0.05, 0) is 41.1 Å². The van der Waals surface area contributed by atoms with E-state index in [4.69, 9.17) is 14.6 Å². The lowest BCUT2D eigenvalue weighted by Crippen LogP contribution is -2.27. The summed E-state index contributed by atoms with van der Waals surface area (Å²) in [6, 6.07) is 14.1. The number of imide groups is 1. The highest BCUT2D eigenvalue weighted by Crippen LogP contribution is 2.35. The molecular weight excluding hydrogens is 382 g/mol. The van der Waals surface area contributed by atoms with Crippen LogP contribution in [0.25, 0.3) is 6.08 Å². The summed E-state index contributed by atoms with van der Waals surface area (Å²) in [7, 11) is 1.43. The van der Waals surface area contributed by atoms with Gasteiger partial charge in [0.2, 0.25) is 0 Å². The van der Waals surface area contributed by atoms with E-state index >= 15 is 0 Å². The Morgan fingerprint density at radius 3 is 2.57 bits per heavy atom. The number of ether oxygens (including phenoxy) is 2. The van der Waals surface area contributed by atoms with E-state index in [2.05, 4.69) is 0 Å². The SMILES string of the molecule is COc1cc(C=C2SC(=O)N(Cc3ccccc3)C2=O)ccc1OCC(=O)O. The van der Waals surface area contributed by atoms with Gasteiger partial charge in [-0.3, -0.25) is 14.5 Å². The van der Waals surface area contributed by atoms with Gasteiger partial charge in [0.15, 0.2) is 18.1 Å². The first-order valence-corrected chi connectivity index (χ1v) is 9.11. The average Bonchev–Trinajstić information content (AvgIpc) is 2.95. The number of methoxy groups -OCH3 is 1. The Balaban J connectivity index is 1.78. The summed E-state index contributed by atoms with van der Waals surface area (Å²) < 4.78 is 10.4. The van der Waals surface area contributed by atoms with Gasteiger partial charge in [-0.1, -0.05) is 36.4 Å². The molecule has 0 unspecified atom stereocenters. The first kappa shape index (κ1) is 19.5. The zero-order valence-corrected chi connectivity index (χ0v) is 15.8. The van der Waals surface area contributed by atoms with Gasteiger partial charge in [0.1, 0.15) is 0 Å². The number of carbonyl (C=O) groups is 3. The fourth-order valence-corrected chi connectivity index (χ4v) is 3.42. The molecule has 7 nitrogen and oxygen atoms in total. The number of carboxylic acid groups (broad SMARTS) is 1. The number of thioether (sulfide) groups is 1. The van der Waals surface area contributed by atoms with Crippen LogP contribution in [0, 0.1) is 0 Å². The summed E-state index contributed by atoms with van der Waals surface area (Å²) in [6.07, 6.45) is 1.60. The van der Waals surface area contributed by atoms with E-state index in [1.54, 1.807) is 24.3 Å². The third kappa shape index (κ3) is 4.52. The summed E-state index contributed by atoms with van der Waals surface area (Å²) in [5, 5.41) is 8.39. The van der Waals surface area contributed by atoms with Crippen LogP contribution in [-0.4, -0.2) is 40.8 Å². The highest BCUT2D eigenvalue weighted by Gasteiger charge is 2.34. The molecule has 1 N–H and O–H groups in total. The van der Waals surface area contributed by atoms with Crippen LogP contribution in [0.2, 0.25) is 0 Å². The number of aliphatic carboxylic acids is 1. The lowest BCUT2D eigenvalue weighted by Gasteiger charge is -2.12. The average molecular weight is 399 g/mol. The van der Waals surface area contributed by atoms with E-state index in [1.807, 2.05) is 30.3 Å². The van der Waals surface area contributed by atoms with Crippen molar-refractivity contribution in [1.82, 2.24) is 4.90 Å². The molecule has 0 bridgehead atoms. The first-order chi connectivity index (χ1) is 13.5. The van der Waals surface area contributed by atoms with Gasteiger partial charge in [-0.25, -0.2) is 4.79 Å². The molecule has 0 atom stereocenters. The third-order valence-electron chi connectivity index (χ3n) is 3.89. The van der Waals surface area contributed by atoms with Gasteiger partial charge in [-0.15, -0.1) is 0 Å². The summed E-state index contributed by atoms with van der Waals surface area (Å²) in [6.45, 7) is -0.276. The third-order valence-corrected chi connectivity index (χ3v) is 4.80. The Labute approximate surface area is 165 Å². The maximum Gasteiger partial charge on any atom is 0.341 e. The zero-order chi connectivity index (χ0) is 20.1. The van der Waals surface area contributed by atoms with E-state index in [0.717, 1.165) is 17.3 Å². The highest BCUT2D eigenvalue weighted by atomic mass is 32.2. The fraction of sp³-hybridized carbons (Fsp3) is 0.150. The van der Waals surface area contributed by atoms with Crippen molar-refractivity contribution in [2.45, 2.75) is 6.54 Å². The van der Waals surface area contributed by atoms with Crippen LogP contribution in [-0.2, 0) is 16.1 Å². The maximum atomic E-state index is 12.6. The molecule has 0 aromatic heterocycles. The second-order valence-corrected chi connectivity index (χ2v) is 6.84. The zero-order valence-electron chi connectivity index (χ0n) is 15.0. The van der Waals surface area contributed by atoms with Crippen LogP contribution >= 0.6 is 11.8 Å². The van der Waals surface area contributed by atoms with Crippen molar-refractivity contribution in [1.29, 1.82) is 0 Å². The predicted molar refractivity (Wildman–Crippen MR) is 104 cm³/mol. The summed E-state index contributed by atoms with van der Waals surface area (Å²) >= 11 is 0.876. The number of carbonyl (C=O) groups excluding carboxylic acids is 2. The van der Waals surface area contributed by atoms with Crippen molar-refractivity contribution < 1.29 is 29.0 Å². The molecule has 28 heavy (non-hydrogen) atoms. The molecule has 2 amide bonds. The van der Waals surface area contributed by atoms with Gasteiger partial charge in [0.05, 0.1) is 18.6 Å². The molecule has 2 aromatic carbocycles. The quantitative estimate of drug-likeness (QED) is 0.713. The Kier molecular flexibility index (Phi) is 6.00. The van der Waals surface area contributed by atoms with E-state index in [0.29, 0.717) is 16.2 Å². The van der Waals surface area contributed by atoms with Crippen LogP contribution in [0.4, 0.5) is 4.79 Å². The largest absolute Gasteiger partial charge is 0.493 e. The number of carboxylic acids is 1. The molecule has 0 radical (unpaired) electrons. The van der Waals surface area contributed by atoms with Gasteiger partial charge >= 0.3 is 5.97 Å². The van der Waals surface area contributed by atoms with Crippen molar-refractivity contribution >= 4 is 35.0 Å². The maximum absolute atomic E-state index is 12.6. The number of hydrogen-bond donors (Lipinski definition) is 1. The number of amides is 2. The minimum absolute atomic E-state index is 0.216. The van der Waals surface area contributed by atoms with Crippen LogP contribution in [0.3, 0.4) is 0 Å². The fourth-order valence-electron chi connectivity index (χ4n) is 2.59. The molecule has 1 aliphatic rings. The lowest BCUT2D eigenvalue weighted by atomic mass is 10.1. The van der Waals surface area contributed by atoms with Crippen molar-refractivity contribution in [3.05, 3.63) is 64.6 Å². The topological polar surface area (TPSA) is 93.1 Å². The van der Waals surface area contributed by atoms with Crippen molar-refractivity contribution in [3.8, 4) is 11.5 Å². The van der Waals surface area contributed by atoms with Gasteiger partial charge in [-0.2, -0.15) is 0 Å². The molecule has 144 valence electrons. The van der Waals surface area contributed by atoms with Crippen LogP contribution in [0.5, 0.6) is 11.5 Å². The molecule has 8 heteroatoms. The van der Waals surface area contributed by atoms with E-state index in [1.165, 1.54) is 12.0 Å². The minimum atomic E-state index is -1.10. The van der Waals surface area contributed by atoms with E-state index in [-0.39, 0.29) is 23.4 Å². The second-order valence-electron chi connectivity index (χ2n) is 5.85. The molecule has 1 aliphatic heterocycles. The minimum Gasteiger partial charge on any atom is -0.493 e. The summed E-state index contributed by atoms with van der Waals surface area (Å²) in [5.74, 6) is -0.847. The number of hydrogen-bond acceptors (Lipinski definition) is 6. The Morgan fingerprint density at radius 2 is 1.89 bits per heavy atom. The van der Waals surface area contributed by atoms with E-state index < -0.39 is 12.6 Å². The summed E-state index contributed by atoms with van der Waals surface area (Å²) in [4.78, 5) is 37.0. The molecule has 0 spiro atoms. The second kappa shape index (κ2) is 8.62. The monoisotopic (exact) mass is 399 g/mol. The molecule has 0 saturated carbocycles. The summed E-state index contributed by atoms with van der Waals surface area (Å²) in [5.41, 5.74) is 1.50. The molecule has 0 aliphatic carbocycles. The number of rotatable bonds is 7. The molecule has 1 saturated heterocycles. The Morgan fingerprint density at radius 1 is 1.14 bits per heavy atom. The number of nitrogens with zero attached hydrogens (tertiary/aromatic N) is 1.